The van der Waals surface area contributed by atoms with Gasteiger partial charge < -0.3 is 10.0 Å². The van der Waals surface area contributed by atoms with Crippen molar-refractivity contribution in [2.24, 2.45) is 5.92 Å². The number of carbonyl (C=O) groups excluding carboxylic acids is 1. The van der Waals surface area contributed by atoms with Crippen LogP contribution >= 0.6 is 11.8 Å². The molecule has 86 valence electrons. The Balaban J connectivity index is 2.15. The molecule has 0 bridgehead atoms. The van der Waals surface area contributed by atoms with Crippen LogP contribution in [-0.2, 0) is 9.59 Å². The highest BCUT2D eigenvalue weighted by Crippen LogP contribution is 2.20. The fourth-order valence-electron chi connectivity index (χ4n) is 1.48. The molecule has 1 saturated heterocycles. The van der Waals surface area contributed by atoms with E-state index in [1.54, 1.807) is 16.7 Å². The molecular weight excluding hydrogens is 214 g/mol. The van der Waals surface area contributed by atoms with Gasteiger partial charge in [0, 0.05) is 19.0 Å². The molecular formula is C10H17NO3S. The van der Waals surface area contributed by atoms with Crippen LogP contribution in [-0.4, -0.2) is 46.0 Å². The van der Waals surface area contributed by atoms with E-state index in [-0.39, 0.29) is 18.2 Å². The lowest BCUT2D eigenvalue weighted by atomic mass is 9.96. The number of hydrogen-bond acceptors (Lipinski definition) is 3. The van der Waals surface area contributed by atoms with E-state index in [1.165, 1.54) is 0 Å². The van der Waals surface area contributed by atoms with E-state index in [2.05, 4.69) is 13.8 Å². The standard InChI is InChI=1S/C10H17NO3S/c1-7(2)15-6-9(12)11-4-8(5-11)3-10(13)14/h7-8H,3-6H2,1-2H3,(H,13,14). The maximum atomic E-state index is 11.5. The van der Waals surface area contributed by atoms with E-state index < -0.39 is 5.97 Å². The summed E-state index contributed by atoms with van der Waals surface area (Å²) in [5.41, 5.74) is 0. The fraction of sp³-hybridized carbons (Fsp3) is 0.800. The third kappa shape index (κ3) is 4.11. The van der Waals surface area contributed by atoms with Crippen LogP contribution in [0.3, 0.4) is 0 Å². The van der Waals surface area contributed by atoms with Crippen molar-refractivity contribution in [1.82, 2.24) is 4.90 Å². The Bertz CT molecular complexity index is 249. The van der Waals surface area contributed by atoms with Crippen LogP contribution in [0.1, 0.15) is 20.3 Å². The summed E-state index contributed by atoms with van der Waals surface area (Å²) in [7, 11) is 0. The first-order chi connectivity index (χ1) is 6.99. The Labute approximate surface area is 94.0 Å². The van der Waals surface area contributed by atoms with Gasteiger partial charge in [-0.2, -0.15) is 0 Å². The molecule has 0 aromatic rings. The van der Waals surface area contributed by atoms with Crippen LogP contribution in [0, 0.1) is 5.92 Å². The van der Waals surface area contributed by atoms with Gasteiger partial charge in [-0.05, 0) is 5.25 Å². The normalized spacial score (nSPS) is 16.6. The molecule has 0 aliphatic carbocycles. The first-order valence-electron chi connectivity index (χ1n) is 5.10. The number of amides is 1. The monoisotopic (exact) mass is 231 g/mol. The molecule has 1 fully saturated rings. The third-order valence-electron chi connectivity index (χ3n) is 2.31. The molecule has 0 unspecified atom stereocenters. The number of carboxylic acid groups (broad SMARTS) is 1. The SMILES string of the molecule is CC(C)SCC(=O)N1CC(CC(=O)O)C1. The molecule has 1 N–H and O–H groups in total. The summed E-state index contributed by atoms with van der Waals surface area (Å²) in [6.45, 7) is 5.34. The summed E-state index contributed by atoms with van der Waals surface area (Å²) in [5, 5.41) is 9.01. The first kappa shape index (κ1) is 12.4. The second kappa shape index (κ2) is 5.39. The molecule has 0 radical (unpaired) electrons. The highest BCUT2D eigenvalue weighted by molar-refractivity contribution is 8.00. The van der Waals surface area contributed by atoms with Gasteiger partial charge in [-0.1, -0.05) is 13.8 Å². The maximum Gasteiger partial charge on any atom is 0.303 e. The topological polar surface area (TPSA) is 57.6 Å². The second-order valence-electron chi connectivity index (χ2n) is 4.12. The lowest BCUT2D eigenvalue weighted by Crippen LogP contribution is -2.51. The van der Waals surface area contributed by atoms with Gasteiger partial charge in [0.15, 0.2) is 0 Å². The highest BCUT2D eigenvalue weighted by atomic mass is 32.2. The molecule has 0 atom stereocenters. The Hall–Kier alpha value is -0.710. The van der Waals surface area contributed by atoms with Gasteiger partial charge in [-0.3, -0.25) is 9.59 Å². The van der Waals surface area contributed by atoms with Gasteiger partial charge in [0.25, 0.3) is 0 Å². The summed E-state index contributed by atoms with van der Waals surface area (Å²) in [4.78, 5) is 23.6. The maximum absolute atomic E-state index is 11.5. The molecule has 1 aliphatic rings. The fourth-order valence-corrected chi connectivity index (χ4v) is 2.14. The number of thioether (sulfide) groups is 1. The molecule has 1 aliphatic heterocycles. The van der Waals surface area contributed by atoms with E-state index in [1.807, 2.05) is 0 Å². The van der Waals surface area contributed by atoms with Gasteiger partial charge in [0.05, 0.1) is 12.2 Å². The summed E-state index contributed by atoms with van der Waals surface area (Å²) >= 11 is 1.62. The van der Waals surface area contributed by atoms with E-state index in [0.29, 0.717) is 24.1 Å². The van der Waals surface area contributed by atoms with Crippen molar-refractivity contribution >= 4 is 23.6 Å². The number of rotatable bonds is 5. The molecule has 1 amide bonds. The molecule has 4 nitrogen and oxygen atoms in total. The molecule has 0 aromatic heterocycles. The van der Waals surface area contributed by atoms with Gasteiger partial charge in [-0.25, -0.2) is 0 Å². The number of hydrogen-bond donors (Lipinski definition) is 1. The molecule has 5 heteroatoms. The van der Waals surface area contributed by atoms with Crippen molar-refractivity contribution in [3.8, 4) is 0 Å². The van der Waals surface area contributed by atoms with Gasteiger partial charge in [0.1, 0.15) is 0 Å². The molecule has 0 aromatic carbocycles. The number of likely N-dealkylation sites (tertiary alicyclic amines) is 1. The van der Waals surface area contributed by atoms with Crippen molar-refractivity contribution in [2.75, 3.05) is 18.8 Å². The Morgan fingerprint density at radius 3 is 2.53 bits per heavy atom. The van der Waals surface area contributed by atoms with Crippen molar-refractivity contribution in [1.29, 1.82) is 0 Å². The van der Waals surface area contributed by atoms with Crippen molar-refractivity contribution in [2.45, 2.75) is 25.5 Å². The van der Waals surface area contributed by atoms with E-state index >= 15 is 0 Å². The average Bonchev–Trinajstić information content (AvgIpc) is 2.06. The smallest absolute Gasteiger partial charge is 0.303 e. The van der Waals surface area contributed by atoms with Crippen molar-refractivity contribution < 1.29 is 14.7 Å². The predicted octanol–water partition coefficient (Wildman–Crippen LogP) is 1.06. The first-order valence-corrected chi connectivity index (χ1v) is 6.15. The second-order valence-corrected chi connectivity index (χ2v) is 5.69. The summed E-state index contributed by atoms with van der Waals surface area (Å²) in [5.74, 6) is 0.0340. The van der Waals surface area contributed by atoms with Crippen LogP contribution in [0.25, 0.3) is 0 Å². The van der Waals surface area contributed by atoms with Crippen LogP contribution in [0.15, 0.2) is 0 Å². The molecule has 1 heterocycles. The summed E-state index contributed by atoms with van der Waals surface area (Å²) < 4.78 is 0. The third-order valence-corrected chi connectivity index (χ3v) is 3.39. The van der Waals surface area contributed by atoms with Gasteiger partial charge in [0.2, 0.25) is 5.91 Å². The van der Waals surface area contributed by atoms with Crippen molar-refractivity contribution in [3.63, 3.8) is 0 Å². The lowest BCUT2D eigenvalue weighted by Gasteiger charge is -2.38. The number of aliphatic carboxylic acids is 1. The Kier molecular flexibility index (Phi) is 4.45. The zero-order valence-electron chi connectivity index (χ0n) is 9.10. The van der Waals surface area contributed by atoms with Crippen LogP contribution in [0.5, 0.6) is 0 Å². The van der Waals surface area contributed by atoms with Gasteiger partial charge >= 0.3 is 5.97 Å². The zero-order valence-corrected chi connectivity index (χ0v) is 9.92. The molecule has 15 heavy (non-hydrogen) atoms. The van der Waals surface area contributed by atoms with Gasteiger partial charge in [-0.15, -0.1) is 11.8 Å². The zero-order chi connectivity index (χ0) is 11.4. The largest absolute Gasteiger partial charge is 0.481 e. The molecule has 1 rings (SSSR count). The number of carboxylic acids is 1. The minimum absolute atomic E-state index is 0.135. The number of nitrogens with zero attached hydrogens (tertiary/aromatic N) is 1. The van der Waals surface area contributed by atoms with Crippen LogP contribution in [0.4, 0.5) is 0 Å². The van der Waals surface area contributed by atoms with Crippen LogP contribution in [0.2, 0.25) is 0 Å². The summed E-state index contributed by atoms with van der Waals surface area (Å²) in [6.07, 6.45) is 0.182. The van der Waals surface area contributed by atoms with E-state index in [0.717, 1.165) is 0 Å². The Morgan fingerprint density at radius 1 is 1.47 bits per heavy atom. The molecule has 0 spiro atoms. The van der Waals surface area contributed by atoms with Crippen LogP contribution < -0.4 is 0 Å². The lowest BCUT2D eigenvalue weighted by molar-refractivity contribution is -0.143. The highest BCUT2D eigenvalue weighted by Gasteiger charge is 2.31. The predicted molar refractivity (Wildman–Crippen MR) is 59.9 cm³/mol. The summed E-state index contributed by atoms with van der Waals surface area (Å²) in [6, 6.07) is 0. The average molecular weight is 231 g/mol. The minimum Gasteiger partial charge on any atom is -0.481 e. The number of carbonyl (C=O) groups is 2. The van der Waals surface area contributed by atoms with Crippen molar-refractivity contribution in [3.05, 3.63) is 0 Å². The van der Waals surface area contributed by atoms with E-state index in [9.17, 15) is 9.59 Å². The molecule has 0 saturated carbocycles. The minimum atomic E-state index is -0.774. The quantitative estimate of drug-likeness (QED) is 0.768. The van der Waals surface area contributed by atoms with E-state index in [4.69, 9.17) is 5.11 Å². The Morgan fingerprint density at radius 2 is 2.07 bits per heavy atom.